The molecule has 122 valence electrons. The van der Waals surface area contributed by atoms with Gasteiger partial charge in [-0.2, -0.15) is 13.2 Å². The van der Waals surface area contributed by atoms with Crippen LogP contribution in [-0.2, 0) is 16.3 Å². The summed E-state index contributed by atoms with van der Waals surface area (Å²) in [6.45, 7) is 6.86. The van der Waals surface area contributed by atoms with E-state index in [9.17, 15) is 18.0 Å². The van der Waals surface area contributed by atoms with Crippen LogP contribution in [0.25, 0.3) is 0 Å². The Morgan fingerprint density at radius 1 is 1.14 bits per heavy atom. The van der Waals surface area contributed by atoms with Crippen LogP contribution in [0.15, 0.2) is 18.2 Å². The number of halogens is 3. The van der Waals surface area contributed by atoms with Crippen molar-refractivity contribution in [1.82, 2.24) is 4.90 Å². The Bertz CT molecular complexity index is 555. The monoisotopic (exact) mass is 315 g/mol. The van der Waals surface area contributed by atoms with Crippen LogP contribution in [0, 0.1) is 0 Å². The van der Waals surface area contributed by atoms with Gasteiger partial charge in [0.25, 0.3) is 5.91 Å². The molecule has 0 N–H and O–H groups in total. The number of alkyl halides is 3. The van der Waals surface area contributed by atoms with Crippen LogP contribution in [-0.4, -0.2) is 37.1 Å². The zero-order valence-corrected chi connectivity index (χ0v) is 13.0. The van der Waals surface area contributed by atoms with Crippen molar-refractivity contribution in [3.63, 3.8) is 0 Å². The van der Waals surface area contributed by atoms with Crippen molar-refractivity contribution in [3.05, 3.63) is 34.9 Å². The molecule has 1 aliphatic rings. The first kappa shape index (κ1) is 16.8. The fourth-order valence-corrected chi connectivity index (χ4v) is 2.37. The maximum atomic E-state index is 13.3. The summed E-state index contributed by atoms with van der Waals surface area (Å²) in [5.74, 6) is -0.587. The van der Waals surface area contributed by atoms with Gasteiger partial charge in [-0.1, -0.05) is 26.8 Å². The summed E-state index contributed by atoms with van der Waals surface area (Å²) in [6, 6.07) is 3.98. The highest BCUT2D eigenvalue weighted by atomic mass is 19.4. The number of amides is 1. The lowest BCUT2D eigenvalue weighted by atomic mass is 9.85. The Labute approximate surface area is 128 Å². The molecule has 0 bridgehead atoms. The van der Waals surface area contributed by atoms with E-state index in [0.29, 0.717) is 31.9 Å². The number of ether oxygens (including phenoxy) is 1. The standard InChI is InChI=1S/C16H20F3NO2/c1-15(2,3)11-4-5-12(13(10-11)16(17,18)19)14(21)20-6-8-22-9-7-20/h4-5,10H,6-9H2,1-3H3. The Morgan fingerprint density at radius 2 is 1.73 bits per heavy atom. The number of carbonyl (C=O) groups is 1. The molecule has 2 rings (SSSR count). The summed E-state index contributed by atoms with van der Waals surface area (Å²) in [5.41, 5.74) is -1.02. The summed E-state index contributed by atoms with van der Waals surface area (Å²) < 4.78 is 45.2. The molecule has 1 aliphatic heterocycles. The molecule has 0 unspecified atom stereocenters. The van der Waals surface area contributed by atoms with Crippen LogP contribution in [0.1, 0.15) is 42.3 Å². The van der Waals surface area contributed by atoms with Crippen LogP contribution >= 0.6 is 0 Å². The fraction of sp³-hybridized carbons (Fsp3) is 0.562. The summed E-state index contributed by atoms with van der Waals surface area (Å²) in [4.78, 5) is 13.8. The summed E-state index contributed by atoms with van der Waals surface area (Å²) in [7, 11) is 0. The first-order chi connectivity index (χ1) is 10.1. The molecular weight excluding hydrogens is 295 g/mol. The molecule has 6 heteroatoms. The quantitative estimate of drug-likeness (QED) is 0.794. The van der Waals surface area contributed by atoms with Gasteiger partial charge >= 0.3 is 6.18 Å². The molecule has 0 radical (unpaired) electrons. The molecule has 0 aromatic heterocycles. The summed E-state index contributed by atoms with van der Waals surface area (Å²) in [6.07, 6.45) is -4.56. The fourth-order valence-electron chi connectivity index (χ4n) is 2.37. The molecule has 0 aliphatic carbocycles. The number of nitrogens with zero attached hydrogens (tertiary/aromatic N) is 1. The highest BCUT2D eigenvalue weighted by Gasteiger charge is 2.37. The predicted octanol–water partition coefficient (Wildman–Crippen LogP) is 3.48. The highest BCUT2D eigenvalue weighted by molar-refractivity contribution is 5.96. The molecule has 0 saturated carbocycles. The summed E-state index contributed by atoms with van der Waals surface area (Å²) >= 11 is 0. The Kier molecular flexibility index (Phi) is 4.52. The van der Waals surface area contributed by atoms with Gasteiger partial charge in [0.15, 0.2) is 0 Å². The molecule has 1 fully saturated rings. The highest BCUT2D eigenvalue weighted by Crippen LogP contribution is 2.35. The van der Waals surface area contributed by atoms with E-state index in [2.05, 4.69) is 0 Å². The number of benzene rings is 1. The third-order valence-corrected chi connectivity index (χ3v) is 3.72. The maximum Gasteiger partial charge on any atom is 0.417 e. The van der Waals surface area contributed by atoms with Crippen LogP contribution in [0.3, 0.4) is 0 Å². The smallest absolute Gasteiger partial charge is 0.378 e. The van der Waals surface area contributed by atoms with Gasteiger partial charge in [-0.05, 0) is 23.1 Å². The van der Waals surface area contributed by atoms with Gasteiger partial charge in [-0.15, -0.1) is 0 Å². The topological polar surface area (TPSA) is 29.5 Å². The number of morpholine rings is 1. The van der Waals surface area contributed by atoms with Crippen LogP contribution in [0.5, 0.6) is 0 Å². The maximum absolute atomic E-state index is 13.3. The molecule has 3 nitrogen and oxygen atoms in total. The minimum atomic E-state index is -4.56. The largest absolute Gasteiger partial charge is 0.417 e. The minimum Gasteiger partial charge on any atom is -0.378 e. The van der Waals surface area contributed by atoms with Crippen molar-refractivity contribution in [1.29, 1.82) is 0 Å². The van der Waals surface area contributed by atoms with Gasteiger partial charge in [0.1, 0.15) is 0 Å². The van der Waals surface area contributed by atoms with Gasteiger partial charge in [0.2, 0.25) is 0 Å². The van der Waals surface area contributed by atoms with Gasteiger partial charge in [0.05, 0.1) is 24.3 Å². The lowest BCUT2D eigenvalue weighted by molar-refractivity contribution is -0.138. The average molecular weight is 315 g/mol. The van der Waals surface area contributed by atoms with Gasteiger partial charge in [0, 0.05) is 13.1 Å². The Morgan fingerprint density at radius 3 is 2.23 bits per heavy atom. The van der Waals surface area contributed by atoms with E-state index in [0.717, 1.165) is 6.07 Å². The van der Waals surface area contributed by atoms with E-state index in [1.807, 2.05) is 20.8 Å². The summed E-state index contributed by atoms with van der Waals surface area (Å²) in [5, 5.41) is 0. The molecular formula is C16H20F3NO2. The lowest BCUT2D eigenvalue weighted by Gasteiger charge is -2.28. The zero-order valence-electron chi connectivity index (χ0n) is 13.0. The van der Waals surface area contributed by atoms with Crippen LogP contribution < -0.4 is 0 Å². The average Bonchev–Trinajstić information content (AvgIpc) is 2.45. The molecule has 1 amide bonds. The number of rotatable bonds is 1. The second-order valence-corrected chi connectivity index (χ2v) is 6.41. The molecule has 1 heterocycles. The first-order valence-electron chi connectivity index (χ1n) is 7.19. The van der Waals surface area contributed by atoms with E-state index in [1.165, 1.54) is 11.0 Å². The zero-order chi connectivity index (χ0) is 16.5. The second kappa shape index (κ2) is 5.91. The third-order valence-electron chi connectivity index (χ3n) is 3.72. The minimum absolute atomic E-state index is 0.289. The SMILES string of the molecule is CC(C)(C)c1ccc(C(=O)N2CCOCC2)c(C(F)(F)F)c1. The molecule has 1 saturated heterocycles. The van der Waals surface area contributed by atoms with Crippen LogP contribution in [0.4, 0.5) is 13.2 Å². The van der Waals surface area contributed by atoms with Crippen molar-refractivity contribution in [2.75, 3.05) is 26.3 Å². The number of hydrogen-bond acceptors (Lipinski definition) is 2. The van der Waals surface area contributed by atoms with Crippen molar-refractivity contribution >= 4 is 5.91 Å². The van der Waals surface area contributed by atoms with Crippen molar-refractivity contribution in [3.8, 4) is 0 Å². The first-order valence-corrected chi connectivity index (χ1v) is 7.19. The second-order valence-electron chi connectivity index (χ2n) is 6.41. The normalized spacial score (nSPS) is 16.7. The van der Waals surface area contributed by atoms with E-state index in [-0.39, 0.29) is 5.56 Å². The van der Waals surface area contributed by atoms with Gasteiger partial charge in [-0.3, -0.25) is 4.79 Å². The van der Waals surface area contributed by atoms with Gasteiger partial charge in [-0.25, -0.2) is 0 Å². The molecule has 0 atom stereocenters. The van der Waals surface area contributed by atoms with E-state index < -0.39 is 23.1 Å². The Hall–Kier alpha value is -1.56. The number of carbonyl (C=O) groups excluding carboxylic acids is 1. The van der Waals surface area contributed by atoms with Gasteiger partial charge < -0.3 is 9.64 Å². The van der Waals surface area contributed by atoms with Crippen LogP contribution in [0.2, 0.25) is 0 Å². The third kappa shape index (κ3) is 3.61. The predicted molar refractivity (Wildman–Crippen MR) is 76.9 cm³/mol. The Balaban J connectivity index is 2.44. The van der Waals surface area contributed by atoms with Crippen molar-refractivity contribution < 1.29 is 22.7 Å². The van der Waals surface area contributed by atoms with E-state index >= 15 is 0 Å². The van der Waals surface area contributed by atoms with E-state index in [1.54, 1.807) is 6.07 Å². The molecule has 0 spiro atoms. The van der Waals surface area contributed by atoms with Crippen molar-refractivity contribution in [2.24, 2.45) is 0 Å². The molecule has 1 aromatic carbocycles. The van der Waals surface area contributed by atoms with E-state index in [4.69, 9.17) is 4.74 Å². The van der Waals surface area contributed by atoms with Crippen molar-refractivity contribution in [2.45, 2.75) is 32.4 Å². The molecule has 1 aromatic rings. The molecule has 22 heavy (non-hydrogen) atoms. The number of hydrogen-bond donors (Lipinski definition) is 0. The lowest BCUT2D eigenvalue weighted by Crippen LogP contribution is -2.41.